The van der Waals surface area contributed by atoms with Crippen molar-refractivity contribution >= 4 is 23.0 Å². The lowest BCUT2D eigenvalue weighted by Gasteiger charge is -2.35. The third-order valence-electron chi connectivity index (χ3n) is 12.4. The van der Waals surface area contributed by atoms with Crippen LogP contribution in [-0.4, -0.2) is 72.0 Å². The number of H-pyrrole nitrogens is 2. The molecule has 12 heteroatoms. The van der Waals surface area contributed by atoms with Crippen LogP contribution >= 0.6 is 0 Å². The van der Waals surface area contributed by atoms with Gasteiger partial charge >= 0.3 is 6.09 Å². The number of hydrogen-bond acceptors (Lipinski definition) is 6. The highest BCUT2D eigenvalue weighted by atomic mass is 19.1. The van der Waals surface area contributed by atoms with Crippen LogP contribution in [0.5, 0.6) is 0 Å². The van der Waals surface area contributed by atoms with E-state index in [-0.39, 0.29) is 17.8 Å². The summed E-state index contributed by atoms with van der Waals surface area (Å²) in [6.45, 7) is 22.7. The number of aromatic amines is 2. The summed E-state index contributed by atoms with van der Waals surface area (Å²) in [5.41, 5.74) is 13.5. The van der Waals surface area contributed by atoms with Crippen molar-refractivity contribution in [1.29, 1.82) is 0 Å². The van der Waals surface area contributed by atoms with Gasteiger partial charge < -0.3 is 35.5 Å². The number of amides is 2. The standard InChI is InChI=1S/C52H61FN8O3.C3H8.C2H2/c1-7-9-10-11-12-13-14-45(59-52(63)64)35(5)61(40-19-15-33(3)26-40)32-50-56-46-24-18-38(28-47(46)57-50)37-16-20-41-39(27-37)17-21-43-42(41)22-23-44(51(43)53)48-30-55-49(58-48)31-60(25-8-2)34(4)29-54-36(6)62;1-3-2;1-2/h7,9,12,14,16,18,20,22-24,27-28,30,33,40,45,59H,4-5,8,10-11,15,17,19,21,25-26,29,31-32H2,1-3,6H3,(H,54,62)(H,55,58)(H,56,57)(H,63,64);3H2,1-2H3;1-2H/b9-7-;;/t13?,33-,40+,45?;;/m0../s1. The van der Waals surface area contributed by atoms with Crippen LogP contribution in [-0.2, 0) is 30.7 Å². The fraction of sp³-hybridized carbons (Fsp3) is 0.386. The van der Waals surface area contributed by atoms with E-state index < -0.39 is 12.1 Å². The van der Waals surface area contributed by atoms with Crippen molar-refractivity contribution in [2.45, 2.75) is 125 Å². The number of terminal acetylenes is 1. The molecular formula is C57H71FN8O3. The van der Waals surface area contributed by atoms with Gasteiger partial charge in [0.15, 0.2) is 0 Å². The van der Waals surface area contributed by atoms with E-state index in [9.17, 15) is 14.7 Å². The molecule has 7 rings (SSSR count). The third kappa shape index (κ3) is 14.0. The molecule has 2 heterocycles. The van der Waals surface area contributed by atoms with Gasteiger partial charge in [-0.2, -0.15) is 0 Å². The van der Waals surface area contributed by atoms with E-state index in [1.807, 2.05) is 37.3 Å². The second-order valence-corrected chi connectivity index (χ2v) is 17.9. The molecule has 1 unspecified atom stereocenters. The van der Waals surface area contributed by atoms with Crippen molar-refractivity contribution in [1.82, 2.24) is 40.4 Å². The summed E-state index contributed by atoms with van der Waals surface area (Å²) in [5, 5.41) is 15.2. The molecule has 2 aliphatic carbocycles. The molecule has 0 bridgehead atoms. The van der Waals surface area contributed by atoms with Gasteiger partial charge in [-0.05, 0) is 128 Å². The molecule has 0 saturated heterocycles. The number of unbranched alkanes of at least 4 members (excludes halogenated alkanes) is 1. The molecule has 1 fully saturated rings. The molecule has 364 valence electrons. The number of aromatic nitrogens is 4. The normalized spacial score (nSPS) is 15.0. The summed E-state index contributed by atoms with van der Waals surface area (Å²) in [5.74, 6) is 1.70. The van der Waals surface area contributed by atoms with Crippen molar-refractivity contribution in [2.75, 3.05) is 13.1 Å². The summed E-state index contributed by atoms with van der Waals surface area (Å²) < 4.78 is 16.4. The van der Waals surface area contributed by atoms with Gasteiger partial charge in [0.25, 0.3) is 0 Å². The van der Waals surface area contributed by atoms with Crippen LogP contribution in [0.4, 0.5) is 9.18 Å². The molecule has 2 amide bonds. The first-order chi connectivity index (χ1) is 33.3. The highest BCUT2D eigenvalue weighted by Gasteiger charge is 2.31. The monoisotopic (exact) mass is 935 g/mol. The van der Waals surface area contributed by atoms with Crippen LogP contribution in [0.25, 0.3) is 44.5 Å². The predicted octanol–water partition coefficient (Wildman–Crippen LogP) is 12.3. The molecule has 3 aromatic carbocycles. The number of carbonyl (C=O) groups excluding carboxylic acids is 1. The summed E-state index contributed by atoms with van der Waals surface area (Å²) in [4.78, 5) is 44.1. The summed E-state index contributed by atoms with van der Waals surface area (Å²) >= 11 is 0. The molecule has 2 aromatic heterocycles. The van der Waals surface area contributed by atoms with Gasteiger partial charge in [0.05, 0.1) is 48.6 Å². The Hall–Kier alpha value is -7.09. The van der Waals surface area contributed by atoms with Gasteiger partial charge in [0.2, 0.25) is 5.91 Å². The molecule has 0 radical (unpaired) electrons. The highest BCUT2D eigenvalue weighted by molar-refractivity contribution is 5.84. The van der Waals surface area contributed by atoms with E-state index in [1.165, 1.54) is 18.9 Å². The fourth-order valence-corrected chi connectivity index (χ4v) is 9.08. The zero-order valence-electron chi connectivity index (χ0n) is 41.4. The van der Waals surface area contributed by atoms with Crippen LogP contribution in [0.3, 0.4) is 0 Å². The first kappa shape index (κ1) is 52.9. The molecule has 69 heavy (non-hydrogen) atoms. The molecule has 1 saturated carbocycles. The SMILES string of the molecule is C#C.C=C(CNC(C)=O)N(CCC)Cc1ncc(-c2ccc3c(c2F)CCc2cc(-c4ccc5nc(CN(C(=C)C(C=C=CCC/C=C\C)NC(=O)O)[C@@H]6CC[C@H](C)C6)[nH]c5c4)ccc2-3)[nH]1.CCC. The van der Waals surface area contributed by atoms with Gasteiger partial charge in [0, 0.05) is 36.5 Å². The lowest BCUT2D eigenvalue weighted by Crippen LogP contribution is -2.43. The van der Waals surface area contributed by atoms with Crippen LogP contribution in [0, 0.1) is 24.6 Å². The lowest BCUT2D eigenvalue weighted by molar-refractivity contribution is -0.118. The number of aryl methyl sites for hydroxylation is 1. The molecular weight excluding hydrogens is 864 g/mol. The Bertz CT molecular complexity index is 2680. The number of benzene rings is 3. The van der Waals surface area contributed by atoms with E-state index in [2.05, 4.69) is 131 Å². The van der Waals surface area contributed by atoms with Crippen LogP contribution < -0.4 is 10.6 Å². The molecule has 0 aliphatic heterocycles. The van der Waals surface area contributed by atoms with Crippen LogP contribution in [0.15, 0.2) is 109 Å². The Kier molecular flexibility index (Phi) is 19.8. The van der Waals surface area contributed by atoms with Gasteiger partial charge in [-0.25, -0.2) is 19.2 Å². The number of fused-ring (bicyclic) bond motifs is 4. The van der Waals surface area contributed by atoms with E-state index in [1.54, 1.807) is 12.3 Å². The molecule has 2 aliphatic rings. The van der Waals surface area contributed by atoms with Crippen molar-refractivity contribution in [2.24, 2.45) is 5.92 Å². The molecule has 0 spiro atoms. The average molecular weight is 935 g/mol. The topological polar surface area (TPSA) is 142 Å². The smallest absolute Gasteiger partial charge is 0.405 e. The average Bonchev–Trinajstić information content (AvgIpc) is 4.10. The number of carbonyl (C=O) groups is 2. The maximum atomic E-state index is 16.4. The van der Waals surface area contributed by atoms with E-state index in [0.29, 0.717) is 66.7 Å². The fourth-order valence-electron chi connectivity index (χ4n) is 9.08. The number of imidazole rings is 2. The minimum absolute atomic E-state index is 0.111. The van der Waals surface area contributed by atoms with Gasteiger partial charge in [0.1, 0.15) is 17.5 Å². The minimum Gasteiger partial charge on any atom is -0.465 e. The Morgan fingerprint density at radius 3 is 2.41 bits per heavy atom. The molecule has 11 nitrogen and oxygen atoms in total. The predicted molar refractivity (Wildman–Crippen MR) is 279 cm³/mol. The first-order valence-electron chi connectivity index (χ1n) is 24.3. The zero-order chi connectivity index (χ0) is 50.0. The van der Waals surface area contributed by atoms with Crippen LogP contribution in [0.1, 0.15) is 109 Å². The van der Waals surface area contributed by atoms with Gasteiger partial charge in [-0.3, -0.25) is 4.79 Å². The highest BCUT2D eigenvalue weighted by Crippen LogP contribution is 2.40. The van der Waals surface area contributed by atoms with Crippen LogP contribution in [0.2, 0.25) is 0 Å². The Morgan fingerprint density at radius 1 is 0.986 bits per heavy atom. The largest absolute Gasteiger partial charge is 0.465 e. The Morgan fingerprint density at radius 2 is 1.71 bits per heavy atom. The number of nitrogens with one attached hydrogen (secondary N) is 4. The van der Waals surface area contributed by atoms with E-state index in [0.717, 1.165) is 89.9 Å². The van der Waals surface area contributed by atoms with Gasteiger partial charge in [-0.1, -0.05) is 89.8 Å². The minimum atomic E-state index is -1.11. The third-order valence-corrected chi connectivity index (χ3v) is 12.4. The maximum absolute atomic E-state index is 16.4. The lowest BCUT2D eigenvalue weighted by atomic mass is 9.83. The number of carboxylic acid groups (broad SMARTS) is 1. The van der Waals surface area contributed by atoms with Crippen molar-refractivity contribution in [3.8, 4) is 46.4 Å². The second-order valence-electron chi connectivity index (χ2n) is 17.9. The maximum Gasteiger partial charge on any atom is 0.405 e. The number of nitrogens with zero attached hydrogens (tertiary/aromatic N) is 4. The molecule has 3 atom stereocenters. The number of hydrogen-bond donors (Lipinski definition) is 5. The zero-order valence-corrected chi connectivity index (χ0v) is 41.4. The number of halogens is 1. The Balaban J connectivity index is 0.00000171. The van der Waals surface area contributed by atoms with Crippen molar-refractivity contribution < 1.29 is 19.1 Å². The summed E-state index contributed by atoms with van der Waals surface area (Å²) in [7, 11) is 0. The first-order valence-corrected chi connectivity index (χ1v) is 24.3. The summed E-state index contributed by atoms with van der Waals surface area (Å²) in [6.07, 6.45) is 24.6. The second kappa shape index (κ2) is 25.9. The number of rotatable bonds is 19. The van der Waals surface area contributed by atoms with E-state index in [4.69, 9.17) is 4.98 Å². The molecule has 5 aromatic rings. The van der Waals surface area contributed by atoms with Crippen molar-refractivity contribution in [3.05, 3.63) is 138 Å². The van der Waals surface area contributed by atoms with E-state index >= 15 is 4.39 Å². The number of allylic oxidation sites excluding steroid dienone is 2. The quantitative estimate of drug-likeness (QED) is 0.0240. The Labute approximate surface area is 408 Å². The summed E-state index contributed by atoms with van der Waals surface area (Å²) in [6, 6.07) is 16.1. The van der Waals surface area contributed by atoms with Gasteiger partial charge in [-0.15, -0.1) is 18.6 Å². The molecule has 5 N–H and O–H groups in total. The van der Waals surface area contributed by atoms with Crippen molar-refractivity contribution in [3.63, 3.8) is 0 Å².